The monoisotopic (exact) mass is 709 g/mol. The first-order valence-corrected chi connectivity index (χ1v) is 18.2. The fraction of sp³-hybridized carbons (Fsp3) is 0.200. The van der Waals surface area contributed by atoms with Gasteiger partial charge in [0.1, 0.15) is 24.1 Å². The molecule has 258 valence electrons. The van der Waals surface area contributed by atoms with E-state index in [1.54, 1.807) is 66.7 Å². The predicted molar refractivity (Wildman–Crippen MR) is 198 cm³/mol. The van der Waals surface area contributed by atoms with Gasteiger partial charge >= 0.3 is 0 Å². The lowest BCUT2D eigenvalue weighted by atomic mass is 10.0. The van der Waals surface area contributed by atoms with E-state index < -0.39 is 28.5 Å². The second-order valence-electron chi connectivity index (χ2n) is 12.2. The van der Waals surface area contributed by atoms with Crippen molar-refractivity contribution in [3.8, 4) is 11.5 Å². The molecule has 5 aromatic carbocycles. The summed E-state index contributed by atoms with van der Waals surface area (Å²) in [7, 11) is -4.23. The highest BCUT2D eigenvalue weighted by Crippen LogP contribution is 2.29. The van der Waals surface area contributed by atoms with Gasteiger partial charge < -0.3 is 15.0 Å². The van der Waals surface area contributed by atoms with Crippen LogP contribution in [0.1, 0.15) is 25.0 Å². The van der Waals surface area contributed by atoms with E-state index in [2.05, 4.69) is 5.32 Å². The van der Waals surface area contributed by atoms with Crippen molar-refractivity contribution in [2.45, 2.75) is 37.8 Å². The van der Waals surface area contributed by atoms with Crippen LogP contribution in [-0.2, 0) is 32.6 Å². The Balaban J connectivity index is 1.54. The van der Waals surface area contributed by atoms with Gasteiger partial charge in [0, 0.05) is 24.5 Å². The number of carbonyl (C=O) groups excluding carboxylic acids is 2. The summed E-state index contributed by atoms with van der Waals surface area (Å²) in [5.74, 6) is 0.422. The highest BCUT2D eigenvalue weighted by atomic mass is 35.5. The molecule has 10 heteroatoms. The summed E-state index contributed by atoms with van der Waals surface area (Å²) >= 11 is 6.18. The maximum Gasteiger partial charge on any atom is 0.264 e. The molecule has 0 aromatic heterocycles. The molecular weight excluding hydrogens is 670 g/mol. The third kappa shape index (κ3) is 9.74. The van der Waals surface area contributed by atoms with Crippen LogP contribution in [0.25, 0.3) is 0 Å². The van der Waals surface area contributed by atoms with Crippen molar-refractivity contribution >= 4 is 39.1 Å². The molecule has 50 heavy (non-hydrogen) atoms. The Hall–Kier alpha value is -5.12. The zero-order valence-corrected chi connectivity index (χ0v) is 29.6. The lowest BCUT2D eigenvalue weighted by Gasteiger charge is -2.34. The van der Waals surface area contributed by atoms with Crippen LogP contribution in [0.5, 0.6) is 11.5 Å². The van der Waals surface area contributed by atoms with Crippen molar-refractivity contribution < 1.29 is 22.7 Å². The van der Waals surface area contributed by atoms with E-state index in [1.807, 2.05) is 74.5 Å². The number of anilines is 1. The summed E-state index contributed by atoms with van der Waals surface area (Å²) in [6.07, 6.45) is 0.223. The third-order valence-corrected chi connectivity index (χ3v) is 9.98. The van der Waals surface area contributed by atoms with Gasteiger partial charge in [-0.3, -0.25) is 13.9 Å². The number of carbonyl (C=O) groups is 2. The molecule has 5 rings (SSSR count). The van der Waals surface area contributed by atoms with E-state index in [-0.39, 0.29) is 35.4 Å². The first-order valence-electron chi connectivity index (χ1n) is 16.4. The van der Waals surface area contributed by atoms with Crippen LogP contribution in [0, 0.1) is 5.92 Å². The van der Waals surface area contributed by atoms with E-state index in [1.165, 1.54) is 17.0 Å². The van der Waals surface area contributed by atoms with Gasteiger partial charge in [-0.25, -0.2) is 8.42 Å². The van der Waals surface area contributed by atoms with Gasteiger partial charge in [-0.05, 0) is 77.7 Å². The molecule has 0 aliphatic carbocycles. The van der Waals surface area contributed by atoms with Crippen LogP contribution >= 0.6 is 11.6 Å². The summed E-state index contributed by atoms with van der Waals surface area (Å²) in [4.78, 5) is 30.1. The average Bonchev–Trinajstić information content (AvgIpc) is 3.13. The topological polar surface area (TPSA) is 96.0 Å². The van der Waals surface area contributed by atoms with Crippen molar-refractivity contribution in [3.05, 3.63) is 156 Å². The minimum absolute atomic E-state index is 0.0252. The van der Waals surface area contributed by atoms with Crippen LogP contribution < -0.4 is 14.4 Å². The zero-order valence-electron chi connectivity index (χ0n) is 28.0. The Morgan fingerprint density at radius 1 is 0.720 bits per heavy atom. The molecule has 5 aromatic rings. The highest BCUT2D eigenvalue weighted by molar-refractivity contribution is 7.92. The van der Waals surface area contributed by atoms with Crippen LogP contribution in [-0.4, -0.2) is 44.3 Å². The summed E-state index contributed by atoms with van der Waals surface area (Å²) in [5.41, 5.74) is 1.85. The number of nitrogens with one attached hydrogen (secondary N) is 1. The molecule has 1 atom stereocenters. The van der Waals surface area contributed by atoms with Gasteiger partial charge in [0.05, 0.1) is 10.6 Å². The molecule has 8 nitrogen and oxygen atoms in total. The molecule has 0 saturated heterocycles. The molecule has 0 bridgehead atoms. The van der Waals surface area contributed by atoms with Gasteiger partial charge in [0.15, 0.2) is 0 Å². The quantitative estimate of drug-likeness (QED) is 0.120. The van der Waals surface area contributed by atoms with Crippen molar-refractivity contribution in [3.63, 3.8) is 0 Å². The van der Waals surface area contributed by atoms with Crippen molar-refractivity contribution in [2.24, 2.45) is 5.92 Å². The fourth-order valence-electron chi connectivity index (χ4n) is 5.32. The van der Waals surface area contributed by atoms with Crippen LogP contribution in [0.15, 0.2) is 144 Å². The maximum atomic E-state index is 14.6. The van der Waals surface area contributed by atoms with Crippen LogP contribution in [0.2, 0.25) is 5.02 Å². The second kappa shape index (κ2) is 17.0. The summed E-state index contributed by atoms with van der Waals surface area (Å²) in [6, 6.07) is 39.2. The number of ether oxygens (including phenoxy) is 1. The number of hydrogen-bond donors (Lipinski definition) is 1. The van der Waals surface area contributed by atoms with Crippen molar-refractivity contribution in [2.75, 3.05) is 17.4 Å². The molecule has 0 radical (unpaired) electrons. The summed E-state index contributed by atoms with van der Waals surface area (Å²) < 4.78 is 35.5. The standard InChI is InChI=1S/C40H40ClN3O5S/c1-30(2)27-42-40(46)38(26-31-12-6-3-7-13-31)43(28-32-18-20-33(41)21-19-32)39(45)29-44(50(47,48)37-16-10-5-11-17-37)34-22-24-36(25-23-34)49-35-14-8-4-9-15-35/h3-25,30,38H,26-29H2,1-2H3,(H,42,46)/t38-/m1/s1. The van der Waals surface area contributed by atoms with E-state index >= 15 is 0 Å². The Kier molecular flexibility index (Phi) is 12.3. The first kappa shape index (κ1) is 36.2. The molecule has 2 amide bonds. The number of halogens is 1. The average molecular weight is 710 g/mol. The molecular formula is C40H40ClN3O5S. The number of amides is 2. The normalized spacial score (nSPS) is 11.8. The Labute approximate surface area is 299 Å². The van der Waals surface area contributed by atoms with Crippen molar-refractivity contribution in [1.29, 1.82) is 0 Å². The summed E-state index contributed by atoms with van der Waals surface area (Å²) in [5, 5.41) is 3.53. The fourth-order valence-corrected chi connectivity index (χ4v) is 6.88. The number of rotatable bonds is 15. The largest absolute Gasteiger partial charge is 0.457 e. The molecule has 1 N–H and O–H groups in total. The molecule has 0 aliphatic heterocycles. The Bertz CT molecular complexity index is 1940. The molecule has 0 unspecified atom stereocenters. The SMILES string of the molecule is CC(C)CNC(=O)[C@@H](Cc1ccccc1)N(Cc1ccc(Cl)cc1)C(=O)CN(c1ccc(Oc2ccccc2)cc1)S(=O)(=O)c1ccccc1. The molecule has 0 aliphatic rings. The van der Waals surface area contributed by atoms with Gasteiger partial charge in [0.25, 0.3) is 10.0 Å². The molecule has 0 spiro atoms. The second-order valence-corrected chi connectivity index (χ2v) is 14.5. The minimum Gasteiger partial charge on any atom is -0.457 e. The van der Waals surface area contributed by atoms with Gasteiger partial charge in [-0.15, -0.1) is 0 Å². The van der Waals surface area contributed by atoms with Gasteiger partial charge in [-0.1, -0.05) is 104 Å². The predicted octanol–water partition coefficient (Wildman–Crippen LogP) is 7.74. The van der Waals surface area contributed by atoms with Crippen molar-refractivity contribution in [1.82, 2.24) is 10.2 Å². The zero-order chi connectivity index (χ0) is 35.5. The maximum absolute atomic E-state index is 14.6. The first-order chi connectivity index (χ1) is 24.1. The van der Waals surface area contributed by atoms with Gasteiger partial charge in [0.2, 0.25) is 11.8 Å². The number of hydrogen-bond acceptors (Lipinski definition) is 5. The van der Waals surface area contributed by atoms with E-state index in [0.717, 1.165) is 15.4 Å². The van der Waals surface area contributed by atoms with E-state index in [4.69, 9.17) is 16.3 Å². The number of nitrogens with zero attached hydrogens (tertiary/aromatic N) is 2. The number of sulfonamides is 1. The van der Waals surface area contributed by atoms with Crippen LogP contribution in [0.3, 0.4) is 0 Å². The number of benzene rings is 5. The molecule has 0 saturated carbocycles. The lowest BCUT2D eigenvalue weighted by Crippen LogP contribution is -2.53. The Morgan fingerprint density at radius 2 is 1.28 bits per heavy atom. The number of para-hydroxylation sites is 1. The Morgan fingerprint density at radius 3 is 1.88 bits per heavy atom. The van der Waals surface area contributed by atoms with Gasteiger partial charge in [-0.2, -0.15) is 0 Å². The minimum atomic E-state index is -4.23. The lowest BCUT2D eigenvalue weighted by molar-refractivity contribution is -0.140. The molecule has 0 heterocycles. The van der Waals surface area contributed by atoms with E-state index in [9.17, 15) is 18.0 Å². The smallest absolute Gasteiger partial charge is 0.264 e. The van der Waals surface area contributed by atoms with Crippen LogP contribution in [0.4, 0.5) is 5.69 Å². The summed E-state index contributed by atoms with van der Waals surface area (Å²) in [6.45, 7) is 3.88. The highest BCUT2D eigenvalue weighted by Gasteiger charge is 2.34. The molecule has 0 fully saturated rings. The third-order valence-electron chi connectivity index (χ3n) is 7.94. The van der Waals surface area contributed by atoms with E-state index in [0.29, 0.717) is 23.1 Å².